The van der Waals surface area contributed by atoms with Crippen LogP contribution in [0.2, 0.25) is 0 Å². The summed E-state index contributed by atoms with van der Waals surface area (Å²) >= 11 is 0. The zero-order valence-electron chi connectivity index (χ0n) is 21.4. The van der Waals surface area contributed by atoms with Crippen LogP contribution >= 0.6 is 0 Å². The molecule has 0 fully saturated rings. The number of benzene rings is 1. The zero-order chi connectivity index (χ0) is 24.7. The van der Waals surface area contributed by atoms with E-state index < -0.39 is 10.8 Å². The molecule has 2 N–H and O–H groups in total. The Morgan fingerprint density at radius 1 is 1.19 bits per heavy atom. The van der Waals surface area contributed by atoms with E-state index in [1.165, 1.54) is 7.11 Å². The quantitative estimate of drug-likeness (QED) is 0.528. The summed E-state index contributed by atoms with van der Waals surface area (Å²) in [5.74, 6) is 0.459. The van der Waals surface area contributed by atoms with Crippen LogP contribution < -0.4 is 10.1 Å². The van der Waals surface area contributed by atoms with Gasteiger partial charge < -0.3 is 25.0 Å². The number of nitrogens with zero attached hydrogens (tertiary/aromatic N) is 2. The van der Waals surface area contributed by atoms with Crippen molar-refractivity contribution < 1.29 is 19.4 Å². The van der Waals surface area contributed by atoms with E-state index in [-0.39, 0.29) is 23.7 Å². The number of urea groups is 1. The van der Waals surface area contributed by atoms with Crippen molar-refractivity contribution in [1.82, 2.24) is 15.1 Å². The Balaban J connectivity index is 2.83. The van der Waals surface area contributed by atoms with Gasteiger partial charge in [-0.3, -0.25) is 4.79 Å². The number of hydrogen-bond donors (Lipinski definition) is 2. The van der Waals surface area contributed by atoms with Gasteiger partial charge in [0, 0.05) is 32.7 Å². The molecule has 1 aromatic carbocycles. The number of hydrogen-bond acceptors (Lipinski definition) is 4. The summed E-state index contributed by atoms with van der Waals surface area (Å²) in [6, 6.07) is 5.34. The van der Waals surface area contributed by atoms with E-state index in [2.05, 4.69) is 12.2 Å². The molecule has 1 rings (SSSR count). The van der Waals surface area contributed by atoms with E-state index in [4.69, 9.17) is 4.74 Å². The summed E-state index contributed by atoms with van der Waals surface area (Å²) in [6.45, 7) is 15.6. The number of methoxy groups -OCH3 is 1. The van der Waals surface area contributed by atoms with Gasteiger partial charge >= 0.3 is 6.03 Å². The molecule has 0 aliphatic carbocycles. The number of phenols is 1. The van der Waals surface area contributed by atoms with Crippen molar-refractivity contribution >= 4 is 11.9 Å². The first kappa shape index (κ1) is 27.6. The largest absolute Gasteiger partial charge is 0.504 e. The van der Waals surface area contributed by atoms with Gasteiger partial charge in [0.1, 0.15) is 0 Å². The fourth-order valence-corrected chi connectivity index (χ4v) is 3.37. The molecule has 0 saturated heterocycles. The van der Waals surface area contributed by atoms with Crippen molar-refractivity contribution in [3.63, 3.8) is 0 Å². The third-order valence-electron chi connectivity index (χ3n) is 6.63. The molecule has 3 amide bonds. The van der Waals surface area contributed by atoms with Crippen LogP contribution in [0.15, 0.2) is 18.2 Å². The van der Waals surface area contributed by atoms with E-state index in [9.17, 15) is 14.7 Å². The number of nitrogens with one attached hydrogen (secondary N) is 1. The van der Waals surface area contributed by atoms with Gasteiger partial charge in [-0.1, -0.05) is 40.7 Å². The second-order valence-electron chi connectivity index (χ2n) is 9.93. The van der Waals surface area contributed by atoms with Gasteiger partial charge in [-0.05, 0) is 49.8 Å². The monoisotopic (exact) mass is 449 g/mol. The van der Waals surface area contributed by atoms with Crippen molar-refractivity contribution in [3.05, 3.63) is 23.8 Å². The third kappa shape index (κ3) is 6.78. The van der Waals surface area contributed by atoms with Crippen LogP contribution in [0.5, 0.6) is 11.5 Å². The molecule has 0 saturated carbocycles. The van der Waals surface area contributed by atoms with Gasteiger partial charge in [-0.25, -0.2) is 4.79 Å². The Kier molecular flexibility index (Phi) is 9.86. The van der Waals surface area contributed by atoms with E-state index in [0.717, 1.165) is 12.0 Å². The number of rotatable bonds is 11. The van der Waals surface area contributed by atoms with Crippen molar-refractivity contribution in [3.8, 4) is 11.5 Å². The molecule has 182 valence electrons. The molecule has 0 atom stereocenters. The maximum atomic E-state index is 13.1. The van der Waals surface area contributed by atoms with E-state index in [1.54, 1.807) is 17.0 Å². The lowest BCUT2D eigenvalue weighted by Crippen LogP contribution is -2.54. The first-order valence-corrected chi connectivity index (χ1v) is 11.4. The minimum atomic E-state index is -0.697. The Labute approximate surface area is 194 Å². The number of phenolic OH excluding ortho intramolecular Hbond substituents is 1. The highest BCUT2D eigenvalue weighted by Gasteiger charge is 2.44. The van der Waals surface area contributed by atoms with Gasteiger partial charge in [0.2, 0.25) is 5.91 Å². The van der Waals surface area contributed by atoms with Crippen LogP contribution in [0, 0.1) is 10.8 Å². The van der Waals surface area contributed by atoms with Gasteiger partial charge in [0.15, 0.2) is 11.5 Å². The van der Waals surface area contributed by atoms with E-state index >= 15 is 0 Å². The molecule has 0 radical (unpaired) electrons. The lowest BCUT2D eigenvalue weighted by molar-refractivity contribution is -0.136. The number of carbonyl (C=O) groups is 2. The molecule has 0 bridgehead atoms. The Bertz CT molecular complexity index is 774. The van der Waals surface area contributed by atoms with Gasteiger partial charge in [0.25, 0.3) is 0 Å². The predicted octanol–water partition coefficient (Wildman–Crippen LogP) is 4.28. The van der Waals surface area contributed by atoms with Gasteiger partial charge in [-0.15, -0.1) is 0 Å². The van der Waals surface area contributed by atoms with Crippen LogP contribution in [0.4, 0.5) is 4.79 Å². The average Bonchev–Trinajstić information content (AvgIpc) is 2.71. The highest BCUT2D eigenvalue weighted by Crippen LogP contribution is 2.39. The molecule has 0 unspecified atom stereocenters. The summed E-state index contributed by atoms with van der Waals surface area (Å²) in [5.41, 5.74) is -0.229. The molecule has 7 nitrogen and oxygen atoms in total. The minimum absolute atomic E-state index is 0.00885. The molecule has 1 aromatic rings. The maximum Gasteiger partial charge on any atom is 0.319 e. The smallest absolute Gasteiger partial charge is 0.319 e. The predicted molar refractivity (Wildman–Crippen MR) is 129 cm³/mol. The topological polar surface area (TPSA) is 82.1 Å². The van der Waals surface area contributed by atoms with Crippen LogP contribution in [0.3, 0.4) is 0 Å². The number of amides is 3. The second-order valence-corrected chi connectivity index (χ2v) is 9.93. The standard InChI is InChI=1S/C25H43N3O4/c1-10-15-28(23(31)27(8)18(2)3)17-24(4,5)25(6,7)22(30)26-14-13-19-11-12-21(32-9)20(29)16-19/h11-12,16,18,29H,10,13-15,17H2,1-9H3,(H,26,30). The van der Waals surface area contributed by atoms with Crippen LogP contribution in [-0.2, 0) is 11.2 Å². The molecular formula is C25H43N3O4. The Morgan fingerprint density at radius 2 is 1.81 bits per heavy atom. The molecule has 0 spiro atoms. The van der Waals surface area contributed by atoms with Crippen LogP contribution in [-0.4, -0.2) is 66.7 Å². The van der Waals surface area contributed by atoms with Gasteiger partial charge in [-0.2, -0.15) is 0 Å². The first-order valence-electron chi connectivity index (χ1n) is 11.4. The normalized spacial score (nSPS) is 11.9. The average molecular weight is 450 g/mol. The molecule has 0 aromatic heterocycles. The summed E-state index contributed by atoms with van der Waals surface area (Å²) in [5, 5.41) is 13.0. The van der Waals surface area contributed by atoms with Crippen LogP contribution in [0.25, 0.3) is 0 Å². The highest BCUT2D eigenvalue weighted by atomic mass is 16.5. The summed E-state index contributed by atoms with van der Waals surface area (Å²) in [4.78, 5) is 29.7. The second kappa shape index (κ2) is 11.4. The highest BCUT2D eigenvalue weighted by molar-refractivity contribution is 5.83. The number of ether oxygens (including phenoxy) is 1. The molecular weight excluding hydrogens is 406 g/mol. The third-order valence-corrected chi connectivity index (χ3v) is 6.63. The summed E-state index contributed by atoms with van der Waals surface area (Å²) in [7, 11) is 3.33. The molecule has 0 aliphatic heterocycles. The maximum absolute atomic E-state index is 13.1. The molecule has 0 aliphatic rings. The lowest BCUT2D eigenvalue weighted by Gasteiger charge is -2.44. The van der Waals surface area contributed by atoms with E-state index in [0.29, 0.717) is 31.8 Å². The summed E-state index contributed by atoms with van der Waals surface area (Å²) in [6.07, 6.45) is 1.45. The van der Waals surface area contributed by atoms with Gasteiger partial charge in [0.05, 0.1) is 12.5 Å². The lowest BCUT2D eigenvalue weighted by atomic mass is 9.67. The summed E-state index contributed by atoms with van der Waals surface area (Å²) < 4.78 is 5.07. The fraction of sp³-hybridized carbons (Fsp3) is 0.680. The fourth-order valence-electron chi connectivity index (χ4n) is 3.37. The van der Waals surface area contributed by atoms with Crippen molar-refractivity contribution in [2.24, 2.45) is 10.8 Å². The van der Waals surface area contributed by atoms with Crippen LogP contribution in [0.1, 0.15) is 60.5 Å². The Hall–Kier alpha value is -2.44. The van der Waals surface area contributed by atoms with E-state index in [1.807, 2.05) is 59.6 Å². The Morgan fingerprint density at radius 3 is 2.31 bits per heavy atom. The minimum Gasteiger partial charge on any atom is -0.504 e. The van der Waals surface area contributed by atoms with Crippen molar-refractivity contribution in [2.45, 2.75) is 67.3 Å². The molecule has 32 heavy (non-hydrogen) atoms. The molecule has 0 heterocycles. The molecule has 7 heteroatoms. The zero-order valence-corrected chi connectivity index (χ0v) is 21.4. The first-order chi connectivity index (χ1) is 14.8. The number of carbonyl (C=O) groups excluding carboxylic acids is 2. The van der Waals surface area contributed by atoms with Crippen molar-refractivity contribution in [2.75, 3.05) is 33.8 Å². The van der Waals surface area contributed by atoms with Crippen molar-refractivity contribution in [1.29, 1.82) is 0 Å². The SMILES string of the molecule is CCCN(CC(C)(C)C(C)(C)C(=O)NCCc1ccc(OC)c(O)c1)C(=O)N(C)C(C)C. The number of aromatic hydroxyl groups is 1.